The molecule has 1 saturated heterocycles. The Morgan fingerprint density at radius 3 is 2.81 bits per heavy atom. The van der Waals surface area contributed by atoms with Crippen molar-refractivity contribution >= 4 is 11.8 Å². The van der Waals surface area contributed by atoms with Crippen LogP contribution in [0, 0.1) is 0 Å². The van der Waals surface area contributed by atoms with Crippen LogP contribution in [0.4, 0.5) is 5.82 Å². The van der Waals surface area contributed by atoms with E-state index in [4.69, 9.17) is 15.2 Å². The number of rotatable bonds is 2. The molecule has 2 rings (SSSR count). The van der Waals surface area contributed by atoms with Gasteiger partial charge < -0.3 is 15.2 Å². The normalized spacial score (nSPS) is 17.0. The molecule has 0 atom stereocenters. The Hall–Kier alpha value is -1.62. The number of nitrogens with zero attached hydrogens (tertiary/aromatic N) is 1. The SMILES string of the molecule is Nc1ccc(C(=O)OC2CCOCC2)cn1. The smallest absolute Gasteiger partial charge is 0.339 e. The van der Waals surface area contributed by atoms with E-state index in [1.165, 1.54) is 6.20 Å². The highest BCUT2D eigenvalue weighted by atomic mass is 16.6. The van der Waals surface area contributed by atoms with Gasteiger partial charge in [-0.25, -0.2) is 9.78 Å². The number of nitrogen functional groups attached to an aromatic ring is 1. The van der Waals surface area contributed by atoms with Crippen molar-refractivity contribution in [2.75, 3.05) is 18.9 Å². The Morgan fingerprint density at radius 2 is 2.19 bits per heavy atom. The molecule has 0 bridgehead atoms. The van der Waals surface area contributed by atoms with E-state index in [1.807, 2.05) is 0 Å². The first kappa shape index (κ1) is 10.9. The molecule has 1 aliphatic rings. The Morgan fingerprint density at radius 1 is 1.44 bits per heavy atom. The minimum Gasteiger partial charge on any atom is -0.459 e. The van der Waals surface area contributed by atoms with Gasteiger partial charge in [-0.2, -0.15) is 0 Å². The van der Waals surface area contributed by atoms with Gasteiger partial charge in [-0.3, -0.25) is 0 Å². The number of carbonyl (C=O) groups is 1. The number of aromatic nitrogens is 1. The molecule has 0 saturated carbocycles. The second kappa shape index (κ2) is 4.94. The molecule has 5 heteroatoms. The van der Waals surface area contributed by atoms with Gasteiger partial charge in [-0.1, -0.05) is 0 Å². The van der Waals surface area contributed by atoms with Crippen LogP contribution >= 0.6 is 0 Å². The number of pyridine rings is 1. The quantitative estimate of drug-likeness (QED) is 0.755. The monoisotopic (exact) mass is 222 g/mol. The van der Waals surface area contributed by atoms with Crippen molar-refractivity contribution in [1.29, 1.82) is 0 Å². The van der Waals surface area contributed by atoms with E-state index in [-0.39, 0.29) is 12.1 Å². The number of ether oxygens (including phenoxy) is 2. The number of anilines is 1. The Bertz CT molecular complexity index is 358. The summed E-state index contributed by atoms with van der Waals surface area (Å²) >= 11 is 0. The lowest BCUT2D eigenvalue weighted by Crippen LogP contribution is -2.26. The lowest BCUT2D eigenvalue weighted by atomic mass is 10.1. The minimum atomic E-state index is -0.348. The molecule has 0 radical (unpaired) electrons. The minimum absolute atomic E-state index is 0.0428. The lowest BCUT2D eigenvalue weighted by Gasteiger charge is -2.22. The third-order valence-corrected chi connectivity index (χ3v) is 2.46. The number of hydrogen-bond donors (Lipinski definition) is 1. The van der Waals surface area contributed by atoms with Crippen molar-refractivity contribution < 1.29 is 14.3 Å². The predicted octanol–water partition coefficient (Wildman–Crippen LogP) is 1.000. The van der Waals surface area contributed by atoms with Gasteiger partial charge in [0, 0.05) is 19.0 Å². The van der Waals surface area contributed by atoms with Gasteiger partial charge in [0.05, 0.1) is 18.8 Å². The largest absolute Gasteiger partial charge is 0.459 e. The second-order valence-corrected chi connectivity index (χ2v) is 3.69. The van der Waals surface area contributed by atoms with Crippen LogP contribution < -0.4 is 5.73 Å². The summed E-state index contributed by atoms with van der Waals surface area (Å²) in [5, 5.41) is 0. The molecule has 86 valence electrons. The fraction of sp³-hybridized carbons (Fsp3) is 0.455. The van der Waals surface area contributed by atoms with Gasteiger partial charge in [-0.15, -0.1) is 0 Å². The topological polar surface area (TPSA) is 74.4 Å². The van der Waals surface area contributed by atoms with Gasteiger partial charge in [0.2, 0.25) is 0 Å². The molecule has 0 unspecified atom stereocenters. The van der Waals surface area contributed by atoms with Gasteiger partial charge in [0.25, 0.3) is 0 Å². The van der Waals surface area contributed by atoms with E-state index in [0.717, 1.165) is 12.8 Å². The van der Waals surface area contributed by atoms with E-state index in [9.17, 15) is 4.79 Å². The number of nitrogens with two attached hydrogens (primary N) is 1. The molecule has 16 heavy (non-hydrogen) atoms. The van der Waals surface area contributed by atoms with Crippen molar-refractivity contribution in [3.63, 3.8) is 0 Å². The third kappa shape index (κ3) is 2.70. The highest BCUT2D eigenvalue weighted by molar-refractivity contribution is 5.89. The number of carbonyl (C=O) groups excluding carboxylic acids is 1. The van der Waals surface area contributed by atoms with Crippen LogP contribution in [-0.4, -0.2) is 30.3 Å². The molecule has 1 aromatic rings. The van der Waals surface area contributed by atoms with E-state index in [2.05, 4.69) is 4.98 Å². The molecule has 1 aliphatic heterocycles. The predicted molar refractivity (Wildman–Crippen MR) is 57.9 cm³/mol. The summed E-state index contributed by atoms with van der Waals surface area (Å²) in [6, 6.07) is 3.20. The molecule has 1 fully saturated rings. The maximum atomic E-state index is 11.7. The van der Waals surface area contributed by atoms with Crippen molar-refractivity contribution in [2.45, 2.75) is 18.9 Å². The molecule has 2 N–H and O–H groups in total. The molecular weight excluding hydrogens is 208 g/mol. The van der Waals surface area contributed by atoms with E-state index in [1.54, 1.807) is 12.1 Å². The summed E-state index contributed by atoms with van der Waals surface area (Å²) < 4.78 is 10.5. The van der Waals surface area contributed by atoms with Gasteiger partial charge in [-0.05, 0) is 12.1 Å². The average Bonchev–Trinajstić information content (AvgIpc) is 2.31. The average molecular weight is 222 g/mol. The van der Waals surface area contributed by atoms with Crippen LogP contribution in [0.1, 0.15) is 23.2 Å². The summed E-state index contributed by atoms with van der Waals surface area (Å²) in [4.78, 5) is 15.5. The Kier molecular flexibility index (Phi) is 3.36. The summed E-state index contributed by atoms with van der Waals surface area (Å²) in [7, 11) is 0. The molecule has 2 heterocycles. The highest BCUT2D eigenvalue weighted by Crippen LogP contribution is 2.13. The fourth-order valence-corrected chi connectivity index (χ4v) is 1.54. The van der Waals surface area contributed by atoms with Gasteiger partial charge in [0.1, 0.15) is 11.9 Å². The summed E-state index contributed by atoms with van der Waals surface area (Å²) in [6.45, 7) is 1.30. The third-order valence-electron chi connectivity index (χ3n) is 2.46. The zero-order chi connectivity index (χ0) is 11.4. The highest BCUT2D eigenvalue weighted by Gasteiger charge is 2.19. The van der Waals surface area contributed by atoms with Crippen LogP contribution in [0.5, 0.6) is 0 Å². The van der Waals surface area contributed by atoms with Crippen molar-refractivity contribution in [2.24, 2.45) is 0 Å². The second-order valence-electron chi connectivity index (χ2n) is 3.69. The molecule has 5 nitrogen and oxygen atoms in total. The van der Waals surface area contributed by atoms with Crippen molar-refractivity contribution in [3.8, 4) is 0 Å². The first-order valence-corrected chi connectivity index (χ1v) is 5.26. The van der Waals surface area contributed by atoms with Gasteiger partial charge >= 0.3 is 5.97 Å². The zero-order valence-corrected chi connectivity index (χ0v) is 8.89. The van der Waals surface area contributed by atoms with Gasteiger partial charge in [0.15, 0.2) is 0 Å². The summed E-state index contributed by atoms with van der Waals surface area (Å²) in [5.74, 6) is 0.0435. The molecular formula is C11H14N2O3. The maximum absolute atomic E-state index is 11.7. The summed E-state index contributed by atoms with van der Waals surface area (Å²) in [5.41, 5.74) is 5.86. The van der Waals surface area contributed by atoms with Crippen molar-refractivity contribution in [3.05, 3.63) is 23.9 Å². The standard InChI is InChI=1S/C11H14N2O3/c12-10-2-1-8(7-13-10)11(14)16-9-3-5-15-6-4-9/h1-2,7,9H,3-6H2,(H2,12,13). The molecule has 1 aromatic heterocycles. The lowest BCUT2D eigenvalue weighted by molar-refractivity contribution is -0.0159. The number of esters is 1. The van der Waals surface area contributed by atoms with Crippen LogP contribution in [0.2, 0.25) is 0 Å². The Labute approximate surface area is 93.6 Å². The first-order valence-electron chi connectivity index (χ1n) is 5.26. The van der Waals surface area contributed by atoms with Crippen molar-refractivity contribution in [1.82, 2.24) is 4.98 Å². The van der Waals surface area contributed by atoms with Crippen LogP contribution in [0.15, 0.2) is 18.3 Å². The van der Waals surface area contributed by atoms with E-state index < -0.39 is 0 Å². The van der Waals surface area contributed by atoms with Crippen LogP contribution in [0.25, 0.3) is 0 Å². The first-order chi connectivity index (χ1) is 7.75. The van der Waals surface area contributed by atoms with E-state index in [0.29, 0.717) is 24.6 Å². The summed E-state index contributed by atoms with van der Waals surface area (Å²) in [6.07, 6.45) is 2.90. The molecule has 0 aromatic carbocycles. The maximum Gasteiger partial charge on any atom is 0.339 e. The molecule has 0 spiro atoms. The molecule has 0 aliphatic carbocycles. The van der Waals surface area contributed by atoms with Crippen LogP contribution in [-0.2, 0) is 9.47 Å². The zero-order valence-electron chi connectivity index (χ0n) is 8.89. The van der Waals surface area contributed by atoms with Crippen LogP contribution in [0.3, 0.4) is 0 Å². The van der Waals surface area contributed by atoms with E-state index >= 15 is 0 Å². The number of hydrogen-bond acceptors (Lipinski definition) is 5. The molecule has 0 amide bonds. The fourth-order valence-electron chi connectivity index (χ4n) is 1.54. The Balaban J connectivity index is 1.94.